The van der Waals surface area contributed by atoms with Gasteiger partial charge in [-0.3, -0.25) is 19.9 Å². The topological polar surface area (TPSA) is 118 Å². The molecule has 0 aliphatic rings. The van der Waals surface area contributed by atoms with E-state index in [0.29, 0.717) is 17.7 Å². The second kappa shape index (κ2) is 9.59. The number of amides is 1. The van der Waals surface area contributed by atoms with Gasteiger partial charge in [-0.25, -0.2) is 0 Å². The molecule has 0 radical (unpaired) electrons. The van der Waals surface area contributed by atoms with E-state index in [9.17, 15) is 20.1 Å². The van der Waals surface area contributed by atoms with Crippen LogP contribution in [0.5, 0.6) is 0 Å². The minimum atomic E-state index is -0.824. The van der Waals surface area contributed by atoms with E-state index in [0.717, 1.165) is 0 Å². The highest BCUT2D eigenvalue weighted by Gasteiger charge is 2.36. The number of nitrogens with zero attached hydrogens (tertiary/aromatic N) is 3. The summed E-state index contributed by atoms with van der Waals surface area (Å²) in [5, 5.41) is 26.5. The molecule has 0 spiro atoms. The zero-order valence-electron chi connectivity index (χ0n) is 14.2. The summed E-state index contributed by atoms with van der Waals surface area (Å²) in [6.45, 7) is 5.60. The monoisotopic (exact) mass is 336 g/mol. The molecule has 1 rings (SSSR count). The number of hydrogen-bond acceptors (Lipinski definition) is 6. The third-order valence-corrected chi connectivity index (χ3v) is 3.93. The maximum absolute atomic E-state index is 11.9. The molecule has 0 aliphatic heterocycles. The molecule has 1 heterocycles. The third kappa shape index (κ3) is 5.29. The summed E-state index contributed by atoms with van der Waals surface area (Å²) < 4.78 is 0. The van der Waals surface area contributed by atoms with E-state index in [2.05, 4.69) is 15.5 Å². The van der Waals surface area contributed by atoms with E-state index < -0.39 is 12.0 Å². The molecule has 8 nitrogen and oxygen atoms in total. The van der Waals surface area contributed by atoms with Gasteiger partial charge in [0.25, 0.3) is 5.91 Å². The molecule has 1 amide bonds. The van der Waals surface area contributed by atoms with E-state index >= 15 is 0 Å². The quantitative estimate of drug-likeness (QED) is 0.311. The summed E-state index contributed by atoms with van der Waals surface area (Å²) in [5.41, 5.74) is 0.761. The first kappa shape index (κ1) is 19.5. The summed E-state index contributed by atoms with van der Waals surface area (Å²) in [6, 6.07) is 2.47. The van der Waals surface area contributed by atoms with Crippen LogP contribution in [0.4, 0.5) is 0 Å². The van der Waals surface area contributed by atoms with Crippen LogP contribution in [0.25, 0.3) is 0 Å². The number of pyridine rings is 1. The number of hydrogen-bond donors (Lipinski definition) is 2. The van der Waals surface area contributed by atoms with E-state index in [1.54, 1.807) is 32.2 Å². The molecule has 0 aliphatic carbocycles. The van der Waals surface area contributed by atoms with Crippen LogP contribution in [0, 0.1) is 22.0 Å². The molecule has 0 fully saturated rings. The Balaban J connectivity index is 2.69. The van der Waals surface area contributed by atoms with Crippen molar-refractivity contribution in [1.29, 1.82) is 0 Å². The number of aromatic nitrogens is 1. The van der Waals surface area contributed by atoms with Crippen molar-refractivity contribution in [2.24, 2.45) is 17.0 Å². The van der Waals surface area contributed by atoms with Crippen molar-refractivity contribution in [2.75, 3.05) is 6.54 Å². The van der Waals surface area contributed by atoms with Crippen LogP contribution in [0.3, 0.4) is 0 Å². The van der Waals surface area contributed by atoms with Crippen LogP contribution in [-0.2, 0) is 0 Å². The summed E-state index contributed by atoms with van der Waals surface area (Å²) in [4.78, 5) is 26.8. The Kier molecular flexibility index (Phi) is 7.81. The second-order valence-corrected chi connectivity index (χ2v) is 5.87. The molecular formula is C16H24N4O4. The lowest BCUT2D eigenvalue weighted by Crippen LogP contribution is -2.39. The van der Waals surface area contributed by atoms with Crippen LogP contribution in [0.15, 0.2) is 29.7 Å². The van der Waals surface area contributed by atoms with Gasteiger partial charge >= 0.3 is 0 Å². The number of rotatable bonds is 9. The zero-order valence-corrected chi connectivity index (χ0v) is 14.2. The molecule has 0 aromatic carbocycles. The number of carbonyl (C=O) groups is 1. The molecule has 0 saturated carbocycles. The maximum Gasteiger partial charge on any atom is 0.252 e. The molecule has 132 valence electrons. The molecule has 2 N–H and O–H groups in total. The Bertz CT molecular complexity index is 575. The molecule has 1 aromatic heterocycles. The van der Waals surface area contributed by atoms with Crippen molar-refractivity contribution in [3.8, 4) is 0 Å². The van der Waals surface area contributed by atoms with Gasteiger partial charge in [0.1, 0.15) is 0 Å². The highest BCUT2D eigenvalue weighted by molar-refractivity contribution is 5.94. The Labute approximate surface area is 141 Å². The van der Waals surface area contributed by atoms with Crippen LogP contribution in [0.1, 0.15) is 44.0 Å². The first-order valence-electron chi connectivity index (χ1n) is 7.94. The Hall–Kier alpha value is -2.51. The van der Waals surface area contributed by atoms with Crippen LogP contribution in [0.2, 0.25) is 0 Å². The molecular weight excluding hydrogens is 312 g/mol. The lowest BCUT2D eigenvalue weighted by atomic mass is 9.84. The van der Waals surface area contributed by atoms with Crippen LogP contribution < -0.4 is 5.32 Å². The highest BCUT2D eigenvalue weighted by atomic mass is 16.6. The van der Waals surface area contributed by atoms with Crippen molar-refractivity contribution >= 4 is 11.6 Å². The predicted octanol–water partition coefficient (Wildman–Crippen LogP) is 2.36. The van der Waals surface area contributed by atoms with Crippen molar-refractivity contribution < 1.29 is 14.9 Å². The van der Waals surface area contributed by atoms with Gasteiger partial charge < -0.3 is 10.5 Å². The minimum Gasteiger partial charge on any atom is -0.411 e. The number of nitro groups is 1. The van der Waals surface area contributed by atoms with Gasteiger partial charge in [0.2, 0.25) is 6.04 Å². The summed E-state index contributed by atoms with van der Waals surface area (Å²) in [5.74, 6) is -0.949. The Morgan fingerprint density at radius 1 is 1.50 bits per heavy atom. The second-order valence-electron chi connectivity index (χ2n) is 5.87. The van der Waals surface area contributed by atoms with Crippen LogP contribution in [-0.4, -0.2) is 39.3 Å². The van der Waals surface area contributed by atoms with E-state index in [1.807, 2.05) is 6.92 Å². The van der Waals surface area contributed by atoms with E-state index in [1.165, 1.54) is 6.20 Å². The number of nitrogens with one attached hydrogen (secondary N) is 1. The lowest BCUT2D eigenvalue weighted by molar-refractivity contribution is -0.537. The standard InChI is InChI=1S/C16H24N4O4/c1-4-13(15(11(2)3)20(23)24)14(19-22)7-9-18-16(21)12-6-5-8-17-10-12/h5-6,8,10-11,13,15,22H,4,7,9H2,1-3H3,(H,18,21)/b19-14-. The maximum atomic E-state index is 11.9. The smallest absolute Gasteiger partial charge is 0.252 e. The third-order valence-electron chi connectivity index (χ3n) is 3.93. The van der Waals surface area contributed by atoms with Crippen molar-refractivity contribution in [1.82, 2.24) is 10.3 Å². The molecule has 8 heteroatoms. The summed E-state index contributed by atoms with van der Waals surface area (Å²) in [7, 11) is 0. The van der Waals surface area contributed by atoms with Gasteiger partial charge in [0.15, 0.2) is 0 Å². The SMILES string of the molecule is CCC(/C(CCNC(=O)c1cccnc1)=N\O)C(C(C)C)[N+](=O)[O-]. The molecule has 0 bridgehead atoms. The van der Waals surface area contributed by atoms with Crippen LogP contribution >= 0.6 is 0 Å². The first-order chi connectivity index (χ1) is 11.4. The summed E-state index contributed by atoms with van der Waals surface area (Å²) in [6.07, 6.45) is 3.76. The molecule has 0 saturated heterocycles. The number of carbonyl (C=O) groups excluding carboxylic acids is 1. The van der Waals surface area contributed by atoms with Gasteiger partial charge in [-0.15, -0.1) is 0 Å². The van der Waals surface area contributed by atoms with E-state index in [-0.39, 0.29) is 29.7 Å². The molecule has 2 atom stereocenters. The van der Waals surface area contributed by atoms with Gasteiger partial charge in [0.05, 0.1) is 17.2 Å². The lowest BCUT2D eigenvalue weighted by Gasteiger charge is -2.23. The fraction of sp³-hybridized carbons (Fsp3) is 0.562. The Morgan fingerprint density at radius 2 is 2.21 bits per heavy atom. The fourth-order valence-corrected chi connectivity index (χ4v) is 2.74. The molecule has 2 unspecified atom stereocenters. The van der Waals surface area contributed by atoms with Gasteiger partial charge in [-0.05, 0) is 18.6 Å². The van der Waals surface area contributed by atoms with Crippen molar-refractivity contribution in [2.45, 2.75) is 39.7 Å². The molecule has 1 aromatic rings. The number of oxime groups is 1. The first-order valence-corrected chi connectivity index (χ1v) is 7.94. The van der Waals surface area contributed by atoms with Gasteiger partial charge in [0, 0.05) is 36.2 Å². The Morgan fingerprint density at radius 3 is 2.67 bits per heavy atom. The largest absolute Gasteiger partial charge is 0.411 e. The molecule has 24 heavy (non-hydrogen) atoms. The van der Waals surface area contributed by atoms with Gasteiger partial charge in [-0.2, -0.15) is 0 Å². The fourth-order valence-electron chi connectivity index (χ4n) is 2.74. The highest BCUT2D eigenvalue weighted by Crippen LogP contribution is 2.22. The van der Waals surface area contributed by atoms with E-state index in [4.69, 9.17) is 0 Å². The van der Waals surface area contributed by atoms with Crippen molar-refractivity contribution in [3.63, 3.8) is 0 Å². The minimum absolute atomic E-state index is 0.188. The van der Waals surface area contributed by atoms with Gasteiger partial charge in [-0.1, -0.05) is 25.9 Å². The average Bonchev–Trinajstić information content (AvgIpc) is 2.56. The van der Waals surface area contributed by atoms with Crippen molar-refractivity contribution in [3.05, 3.63) is 40.2 Å². The predicted molar refractivity (Wildman–Crippen MR) is 89.8 cm³/mol. The zero-order chi connectivity index (χ0) is 18.1. The summed E-state index contributed by atoms with van der Waals surface area (Å²) >= 11 is 0. The average molecular weight is 336 g/mol. The normalized spacial score (nSPS) is 14.2.